The molecule has 1 atom stereocenters. The number of benzene rings is 2. The van der Waals surface area contributed by atoms with Crippen LogP contribution in [0.5, 0.6) is 0 Å². The summed E-state index contributed by atoms with van der Waals surface area (Å²) < 4.78 is 1.01. The molecule has 3 nitrogen and oxygen atoms in total. The molecule has 3 aromatic rings. The van der Waals surface area contributed by atoms with Crippen LogP contribution in [0.15, 0.2) is 46.3 Å². The van der Waals surface area contributed by atoms with Crippen LogP contribution in [0.3, 0.4) is 0 Å². The van der Waals surface area contributed by atoms with Crippen LogP contribution in [0.4, 0.5) is 0 Å². The van der Waals surface area contributed by atoms with Gasteiger partial charge in [-0.1, -0.05) is 36.0 Å². The average Bonchev–Trinajstić information content (AvgIpc) is 3.15. The van der Waals surface area contributed by atoms with E-state index < -0.39 is 4.33 Å². The van der Waals surface area contributed by atoms with Crippen LogP contribution in [0.2, 0.25) is 0 Å². The minimum absolute atomic E-state index is 0.0259. The van der Waals surface area contributed by atoms with E-state index in [1.165, 1.54) is 11.8 Å². The highest BCUT2D eigenvalue weighted by atomic mass is 35.5. The van der Waals surface area contributed by atoms with E-state index in [2.05, 4.69) is 4.98 Å². The second-order valence-corrected chi connectivity index (χ2v) is 8.48. The molecule has 1 heterocycles. The lowest BCUT2D eigenvalue weighted by Gasteiger charge is -2.09. The maximum Gasteiger partial charge on any atom is 0.261 e. The van der Waals surface area contributed by atoms with Gasteiger partial charge in [0.05, 0.1) is 10.9 Å². The van der Waals surface area contributed by atoms with Crippen molar-refractivity contribution in [1.82, 2.24) is 9.55 Å². The van der Waals surface area contributed by atoms with Crippen molar-refractivity contribution < 1.29 is 0 Å². The van der Waals surface area contributed by atoms with E-state index in [0.29, 0.717) is 10.5 Å². The van der Waals surface area contributed by atoms with Gasteiger partial charge in [0.25, 0.3) is 5.56 Å². The quantitative estimate of drug-likeness (QED) is 0.299. The summed E-state index contributed by atoms with van der Waals surface area (Å²) in [5, 5.41) is 3.48. The van der Waals surface area contributed by atoms with Crippen LogP contribution in [0.25, 0.3) is 21.7 Å². The number of thioether (sulfide) groups is 1. The summed E-state index contributed by atoms with van der Waals surface area (Å²) >= 11 is 13.7. The van der Waals surface area contributed by atoms with E-state index in [4.69, 9.17) is 23.2 Å². The third kappa shape index (κ3) is 2.73. The first-order valence-corrected chi connectivity index (χ1v) is 9.10. The first-order valence-electron chi connectivity index (χ1n) is 7.36. The molecule has 0 radical (unpaired) electrons. The van der Waals surface area contributed by atoms with Gasteiger partial charge in [-0.25, -0.2) is 4.98 Å². The molecule has 23 heavy (non-hydrogen) atoms. The number of hydrogen-bond donors (Lipinski definition) is 0. The van der Waals surface area contributed by atoms with Crippen LogP contribution in [0, 0.1) is 5.92 Å². The van der Waals surface area contributed by atoms with Gasteiger partial charge in [0.2, 0.25) is 0 Å². The van der Waals surface area contributed by atoms with Gasteiger partial charge in [0.1, 0.15) is 4.33 Å². The molecule has 118 valence electrons. The fraction of sp³-hybridized carbons (Fsp3) is 0.294. The van der Waals surface area contributed by atoms with Crippen LogP contribution in [-0.2, 0) is 7.05 Å². The van der Waals surface area contributed by atoms with Crippen LogP contribution in [-0.4, -0.2) is 19.6 Å². The smallest absolute Gasteiger partial charge is 0.261 e. The molecule has 0 N–H and O–H groups in total. The van der Waals surface area contributed by atoms with E-state index in [1.807, 2.05) is 36.4 Å². The van der Waals surface area contributed by atoms with Crippen molar-refractivity contribution in [1.29, 1.82) is 0 Å². The lowest BCUT2D eigenvalue weighted by molar-refractivity contribution is 0.725. The number of aromatic nitrogens is 2. The standard InChI is InChI=1S/C17H14Cl2N2OS/c1-21-15(22)13-6-10-4-2-3-5-11(10)7-14(13)20-16(21)23-9-12-8-17(12,18)19/h2-7,12H,8-9H2,1H3/t12-/m1/s1. The van der Waals surface area contributed by atoms with E-state index >= 15 is 0 Å². The molecular formula is C17H14Cl2N2OS. The normalized spacial score (nSPS) is 19.3. The Bertz CT molecular complexity index is 983. The maximum absolute atomic E-state index is 12.6. The van der Waals surface area contributed by atoms with Crippen LogP contribution >= 0.6 is 35.0 Å². The minimum atomic E-state index is -0.598. The molecular weight excluding hydrogens is 351 g/mol. The second kappa shape index (κ2) is 5.40. The topological polar surface area (TPSA) is 34.9 Å². The Balaban J connectivity index is 1.78. The third-order valence-corrected chi connectivity index (χ3v) is 6.39. The minimum Gasteiger partial charge on any atom is -0.290 e. The predicted molar refractivity (Wildman–Crippen MR) is 97.8 cm³/mol. The molecule has 0 spiro atoms. The van der Waals surface area contributed by atoms with Crippen LogP contribution in [0.1, 0.15) is 6.42 Å². The average molecular weight is 365 g/mol. The molecule has 1 fully saturated rings. The summed E-state index contributed by atoms with van der Waals surface area (Å²) in [6.45, 7) is 0. The molecule has 2 aromatic carbocycles. The number of halogens is 2. The lowest BCUT2D eigenvalue weighted by atomic mass is 10.1. The molecule has 0 saturated heterocycles. The molecule has 0 unspecified atom stereocenters. The Labute approximate surface area is 147 Å². The second-order valence-electron chi connectivity index (χ2n) is 5.95. The summed E-state index contributed by atoms with van der Waals surface area (Å²) in [4.78, 5) is 17.3. The molecule has 0 amide bonds. The fourth-order valence-electron chi connectivity index (χ4n) is 2.69. The van der Waals surface area contributed by atoms with Gasteiger partial charge < -0.3 is 0 Å². The van der Waals surface area contributed by atoms with E-state index in [1.54, 1.807) is 11.6 Å². The van der Waals surface area contributed by atoms with E-state index in [0.717, 1.165) is 28.5 Å². The first kappa shape index (κ1) is 15.3. The van der Waals surface area contributed by atoms with Crippen molar-refractivity contribution in [2.24, 2.45) is 13.0 Å². The van der Waals surface area contributed by atoms with Gasteiger partial charge in [-0.15, -0.1) is 23.2 Å². The Morgan fingerprint density at radius 2 is 1.96 bits per heavy atom. The highest BCUT2D eigenvalue weighted by molar-refractivity contribution is 7.99. The van der Waals surface area contributed by atoms with Crippen molar-refractivity contribution in [2.75, 3.05) is 5.75 Å². The Morgan fingerprint density at radius 3 is 2.61 bits per heavy atom. The summed E-state index contributed by atoms with van der Waals surface area (Å²) in [5.74, 6) is 1.03. The molecule has 1 saturated carbocycles. The van der Waals surface area contributed by atoms with Gasteiger partial charge in [0.15, 0.2) is 5.16 Å². The Kier molecular flexibility index (Phi) is 3.59. The largest absolute Gasteiger partial charge is 0.290 e. The van der Waals surface area contributed by atoms with Gasteiger partial charge in [-0.3, -0.25) is 9.36 Å². The summed E-state index contributed by atoms with van der Waals surface area (Å²) in [6, 6.07) is 11.9. The SMILES string of the molecule is Cn1c(SC[C@H]2CC2(Cl)Cl)nc2cc3ccccc3cc2c1=O. The molecule has 1 aliphatic rings. The molecule has 4 rings (SSSR count). The number of rotatable bonds is 3. The monoisotopic (exact) mass is 364 g/mol. The number of alkyl halides is 2. The van der Waals surface area contributed by atoms with Crippen molar-refractivity contribution in [3.63, 3.8) is 0 Å². The molecule has 0 bridgehead atoms. The van der Waals surface area contributed by atoms with Crippen LogP contribution < -0.4 is 5.56 Å². The lowest BCUT2D eigenvalue weighted by Crippen LogP contribution is -2.20. The van der Waals surface area contributed by atoms with Crippen molar-refractivity contribution in [3.05, 3.63) is 46.8 Å². The number of fused-ring (bicyclic) bond motifs is 2. The third-order valence-electron chi connectivity index (χ3n) is 4.27. The Hall–Kier alpha value is -1.23. The van der Waals surface area contributed by atoms with Gasteiger partial charge in [-0.2, -0.15) is 0 Å². The molecule has 1 aromatic heterocycles. The summed E-state index contributed by atoms with van der Waals surface area (Å²) in [7, 11) is 1.76. The maximum atomic E-state index is 12.6. The van der Waals surface area contributed by atoms with Gasteiger partial charge in [0, 0.05) is 18.7 Å². The number of nitrogens with zero attached hydrogens (tertiary/aromatic N) is 2. The van der Waals surface area contributed by atoms with E-state index in [9.17, 15) is 4.79 Å². The van der Waals surface area contributed by atoms with E-state index in [-0.39, 0.29) is 11.5 Å². The van der Waals surface area contributed by atoms with Crippen molar-refractivity contribution >= 4 is 56.6 Å². The zero-order chi connectivity index (χ0) is 16.2. The first-order chi connectivity index (χ1) is 11.0. The zero-order valence-corrected chi connectivity index (χ0v) is 14.8. The predicted octanol–water partition coefficient (Wildman–Crippen LogP) is 4.37. The summed E-state index contributed by atoms with van der Waals surface area (Å²) in [5.41, 5.74) is 0.704. The molecule has 0 aliphatic heterocycles. The highest BCUT2D eigenvalue weighted by Crippen LogP contribution is 2.54. The summed E-state index contributed by atoms with van der Waals surface area (Å²) in [6.07, 6.45) is 0.801. The van der Waals surface area contributed by atoms with Crippen molar-refractivity contribution in [3.8, 4) is 0 Å². The van der Waals surface area contributed by atoms with Gasteiger partial charge in [-0.05, 0) is 29.3 Å². The molecule has 6 heteroatoms. The highest BCUT2D eigenvalue weighted by Gasteiger charge is 2.51. The Morgan fingerprint density at radius 1 is 1.30 bits per heavy atom. The number of hydrogen-bond acceptors (Lipinski definition) is 3. The molecule has 1 aliphatic carbocycles. The van der Waals surface area contributed by atoms with Crippen molar-refractivity contribution in [2.45, 2.75) is 15.9 Å². The zero-order valence-electron chi connectivity index (χ0n) is 12.4. The van der Waals surface area contributed by atoms with Gasteiger partial charge >= 0.3 is 0 Å². The fourth-order valence-corrected chi connectivity index (χ4v) is 4.59.